The summed E-state index contributed by atoms with van der Waals surface area (Å²) in [6, 6.07) is 17.2. The monoisotopic (exact) mass is 418 g/mol. The molecule has 0 aliphatic carbocycles. The highest BCUT2D eigenvalue weighted by molar-refractivity contribution is 6.14. The van der Waals surface area contributed by atoms with Crippen LogP contribution in [0.1, 0.15) is 36.5 Å². The van der Waals surface area contributed by atoms with E-state index < -0.39 is 5.97 Å². The molecule has 4 rings (SSSR count). The standard InChI is InChI=1S/C25H26N2O4/c1-2-22(29)27-14-8-11-18(15-27)25(30)31-16-21(28)23-19-12-6-7-13-20(19)26-24(23)17-9-4-3-5-10-17/h3-7,9-10,12-13,18,26H,2,8,11,14-16H2,1H3. The van der Waals surface area contributed by atoms with E-state index in [1.807, 2.05) is 61.5 Å². The van der Waals surface area contributed by atoms with Crippen LogP contribution in [0.5, 0.6) is 0 Å². The summed E-state index contributed by atoms with van der Waals surface area (Å²) in [5.74, 6) is -1.00. The number of fused-ring (bicyclic) bond motifs is 1. The molecule has 1 amide bonds. The maximum atomic E-state index is 13.2. The van der Waals surface area contributed by atoms with Gasteiger partial charge in [-0.1, -0.05) is 55.5 Å². The third-order valence-corrected chi connectivity index (χ3v) is 5.80. The molecule has 2 heterocycles. The van der Waals surface area contributed by atoms with Gasteiger partial charge in [-0.25, -0.2) is 0 Å². The van der Waals surface area contributed by atoms with Gasteiger partial charge < -0.3 is 14.6 Å². The van der Waals surface area contributed by atoms with Gasteiger partial charge in [0.25, 0.3) is 0 Å². The predicted octanol–water partition coefficient (Wildman–Crippen LogP) is 4.21. The lowest BCUT2D eigenvalue weighted by atomic mass is 9.98. The van der Waals surface area contributed by atoms with E-state index in [1.54, 1.807) is 4.90 Å². The Morgan fingerprint density at radius 3 is 2.58 bits per heavy atom. The summed E-state index contributed by atoms with van der Waals surface area (Å²) in [4.78, 5) is 42.8. The molecule has 1 saturated heterocycles. The molecule has 1 N–H and O–H groups in total. The molecule has 0 bridgehead atoms. The van der Waals surface area contributed by atoms with Crippen molar-refractivity contribution in [3.8, 4) is 11.3 Å². The number of nitrogens with one attached hydrogen (secondary N) is 1. The summed E-state index contributed by atoms with van der Waals surface area (Å²) < 4.78 is 5.43. The van der Waals surface area contributed by atoms with Crippen LogP contribution in [0.3, 0.4) is 0 Å². The fourth-order valence-corrected chi connectivity index (χ4v) is 4.20. The van der Waals surface area contributed by atoms with Crippen molar-refractivity contribution in [1.82, 2.24) is 9.88 Å². The number of rotatable bonds is 6. The van der Waals surface area contributed by atoms with E-state index >= 15 is 0 Å². The number of carbonyl (C=O) groups excluding carboxylic acids is 3. The van der Waals surface area contributed by atoms with E-state index in [-0.39, 0.29) is 24.2 Å². The summed E-state index contributed by atoms with van der Waals surface area (Å²) >= 11 is 0. The second-order valence-electron chi connectivity index (χ2n) is 7.85. The molecular formula is C25H26N2O4. The third-order valence-electron chi connectivity index (χ3n) is 5.80. The van der Waals surface area contributed by atoms with Gasteiger partial charge in [-0.15, -0.1) is 0 Å². The number of aromatic amines is 1. The number of piperidine rings is 1. The first-order valence-corrected chi connectivity index (χ1v) is 10.7. The average Bonchev–Trinajstić information content (AvgIpc) is 3.22. The van der Waals surface area contributed by atoms with E-state index in [1.165, 1.54) is 0 Å². The Morgan fingerprint density at radius 2 is 1.81 bits per heavy atom. The number of H-pyrrole nitrogens is 1. The van der Waals surface area contributed by atoms with Crippen LogP contribution in [0.15, 0.2) is 54.6 Å². The van der Waals surface area contributed by atoms with Crippen molar-refractivity contribution in [2.24, 2.45) is 5.92 Å². The van der Waals surface area contributed by atoms with Crippen LogP contribution in [0.4, 0.5) is 0 Å². The van der Waals surface area contributed by atoms with Crippen LogP contribution in [-0.4, -0.2) is 47.2 Å². The van der Waals surface area contributed by atoms with Crippen LogP contribution in [0.2, 0.25) is 0 Å². The highest BCUT2D eigenvalue weighted by Gasteiger charge is 2.30. The fourth-order valence-electron chi connectivity index (χ4n) is 4.20. The Kier molecular flexibility index (Phi) is 6.16. The molecule has 1 aliphatic heterocycles. The molecule has 0 radical (unpaired) electrons. The number of likely N-dealkylation sites (tertiary alicyclic amines) is 1. The average molecular weight is 418 g/mol. The van der Waals surface area contributed by atoms with Crippen molar-refractivity contribution in [1.29, 1.82) is 0 Å². The first kappa shape index (κ1) is 20.8. The maximum absolute atomic E-state index is 13.2. The van der Waals surface area contributed by atoms with Crippen molar-refractivity contribution >= 4 is 28.6 Å². The van der Waals surface area contributed by atoms with Crippen molar-refractivity contribution in [2.45, 2.75) is 26.2 Å². The molecule has 6 nitrogen and oxygen atoms in total. The molecule has 1 aromatic heterocycles. The maximum Gasteiger partial charge on any atom is 0.311 e. The lowest BCUT2D eigenvalue weighted by Crippen LogP contribution is -2.42. The number of ketones is 1. The lowest BCUT2D eigenvalue weighted by molar-refractivity contribution is -0.150. The van der Waals surface area contributed by atoms with Gasteiger partial charge in [-0.3, -0.25) is 14.4 Å². The highest BCUT2D eigenvalue weighted by atomic mass is 16.5. The molecule has 0 saturated carbocycles. The van der Waals surface area contributed by atoms with Gasteiger partial charge >= 0.3 is 5.97 Å². The van der Waals surface area contributed by atoms with Gasteiger partial charge in [0.15, 0.2) is 6.61 Å². The first-order valence-electron chi connectivity index (χ1n) is 10.7. The number of nitrogens with zero attached hydrogens (tertiary/aromatic N) is 1. The molecule has 1 atom stereocenters. The van der Waals surface area contributed by atoms with Crippen LogP contribution < -0.4 is 0 Å². The Bertz CT molecular complexity index is 1100. The number of ether oxygens (including phenoxy) is 1. The predicted molar refractivity (Wildman–Crippen MR) is 119 cm³/mol. The van der Waals surface area contributed by atoms with Gasteiger partial charge in [0, 0.05) is 30.4 Å². The van der Waals surface area contributed by atoms with Crippen LogP contribution >= 0.6 is 0 Å². The molecule has 2 aromatic carbocycles. The largest absolute Gasteiger partial charge is 0.457 e. The van der Waals surface area contributed by atoms with Crippen molar-refractivity contribution in [3.63, 3.8) is 0 Å². The van der Waals surface area contributed by atoms with Gasteiger partial charge in [-0.2, -0.15) is 0 Å². The van der Waals surface area contributed by atoms with Crippen molar-refractivity contribution in [2.75, 3.05) is 19.7 Å². The Labute approximate surface area is 181 Å². The molecule has 160 valence electrons. The number of benzene rings is 2. The third kappa shape index (κ3) is 4.38. The summed E-state index contributed by atoms with van der Waals surface area (Å²) in [7, 11) is 0. The van der Waals surface area contributed by atoms with E-state index in [2.05, 4.69) is 4.98 Å². The zero-order valence-corrected chi connectivity index (χ0v) is 17.6. The molecule has 1 unspecified atom stereocenters. The summed E-state index contributed by atoms with van der Waals surface area (Å²) in [5.41, 5.74) is 3.01. The van der Waals surface area contributed by atoms with Crippen LogP contribution in [0, 0.1) is 5.92 Å². The second-order valence-corrected chi connectivity index (χ2v) is 7.85. The molecular weight excluding hydrogens is 392 g/mol. The van der Waals surface area contributed by atoms with E-state index in [4.69, 9.17) is 4.74 Å². The Hall–Kier alpha value is -3.41. The number of para-hydroxylation sites is 1. The number of hydrogen-bond acceptors (Lipinski definition) is 4. The number of hydrogen-bond donors (Lipinski definition) is 1. The minimum Gasteiger partial charge on any atom is -0.457 e. The highest BCUT2D eigenvalue weighted by Crippen LogP contribution is 2.31. The number of carbonyl (C=O) groups is 3. The number of amides is 1. The van der Waals surface area contributed by atoms with E-state index in [0.717, 1.165) is 28.6 Å². The molecule has 3 aromatic rings. The molecule has 0 spiro atoms. The van der Waals surface area contributed by atoms with Gasteiger partial charge in [0.2, 0.25) is 11.7 Å². The second kappa shape index (κ2) is 9.16. The topological polar surface area (TPSA) is 79.5 Å². The number of aromatic nitrogens is 1. The van der Waals surface area contributed by atoms with Gasteiger partial charge in [0.05, 0.1) is 17.2 Å². The van der Waals surface area contributed by atoms with E-state index in [9.17, 15) is 14.4 Å². The summed E-state index contributed by atoms with van der Waals surface area (Å²) in [5, 5.41) is 0.805. The minimum absolute atomic E-state index is 0.0415. The lowest BCUT2D eigenvalue weighted by Gasteiger charge is -2.31. The normalized spacial score (nSPS) is 16.3. The Morgan fingerprint density at radius 1 is 1.06 bits per heavy atom. The van der Waals surface area contributed by atoms with Crippen LogP contribution in [0.25, 0.3) is 22.2 Å². The SMILES string of the molecule is CCC(=O)N1CCCC(C(=O)OCC(=O)c2c(-c3ccccc3)[nH]c3ccccc23)C1. The minimum atomic E-state index is -0.414. The smallest absolute Gasteiger partial charge is 0.311 e. The van der Waals surface area contributed by atoms with Crippen LogP contribution in [-0.2, 0) is 14.3 Å². The van der Waals surface area contributed by atoms with Crippen molar-refractivity contribution < 1.29 is 19.1 Å². The molecule has 1 aliphatic rings. The number of Topliss-reactive ketones (excluding diaryl/α,β-unsaturated/α-hetero) is 1. The Balaban J connectivity index is 1.51. The number of esters is 1. The molecule has 6 heteroatoms. The van der Waals surface area contributed by atoms with Gasteiger partial charge in [0.1, 0.15) is 0 Å². The summed E-state index contributed by atoms with van der Waals surface area (Å²) in [6.07, 6.45) is 1.85. The molecule has 1 fully saturated rings. The zero-order chi connectivity index (χ0) is 21.8. The van der Waals surface area contributed by atoms with Gasteiger partial charge in [-0.05, 0) is 24.5 Å². The fraction of sp³-hybridized carbons (Fsp3) is 0.320. The van der Waals surface area contributed by atoms with E-state index in [0.29, 0.717) is 31.5 Å². The zero-order valence-electron chi connectivity index (χ0n) is 17.6. The first-order chi connectivity index (χ1) is 15.1. The van der Waals surface area contributed by atoms with Crippen molar-refractivity contribution in [3.05, 3.63) is 60.2 Å². The summed E-state index contributed by atoms with van der Waals surface area (Å²) in [6.45, 7) is 2.53. The molecule has 31 heavy (non-hydrogen) atoms. The quantitative estimate of drug-likeness (QED) is 0.480.